The van der Waals surface area contributed by atoms with Crippen LogP contribution in [0.25, 0.3) is 0 Å². The van der Waals surface area contributed by atoms with Gasteiger partial charge in [0.1, 0.15) is 6.04 Å². The first kappa shape index (κ1) is 13.4. The fourth-order valence-corrected chi connectivity index (χ4v) is 5.25. The zero-order valence-electron chi connectivity index (χ0n) is 12.3. The van der Waals surface area contributed by atoms with Crippen molar-refractivity contribution in [3.63, 3.8) is 0 Å². The molecule has 1 aliphatic heterocycles. The van der Waals surface area contributed by atoms with Crippen LogP contribution >= 0.6 is 0 Å². The van der Waals surface area contributed by atoms with Crippen LogP contribution < -0.4 is 0 Å². The van der Waals surface area contributed by atoms with Crippen LogP contribution in [0, 0.1) is 23.7 Å². The number of carboxylic acids is 1. The van der Waals surface area contributed by atoms with Gasteiger partial charge in [-0.1, -0.05) is 25.0 Å². The Morgan fingerprint density at radius 1 is 1.05 bits per heavy atom. The quantitative estimate of drug-likeness (QED) is 0.794. The highest BCUT2D eigenvalue weighted by atomic mass is 16.4. The second-order valence-electron chi connectivity index (χ2n) is 7.33. The van der Waals surface area contributed by atoms with E-state index in [9.17, 15) is 14.7 Å². The molecule has 4 rings (SSSR count). The fourth-order valence-electron chi connectivity index (χ4n) is 5.25. The minimum absolute atomic E-state index is 0.0440. The van der Waals surface area contributed by atoms with Gasteiger partial charge in [0, 0.05) is 12.0 Å². The van der Waals surface area contributed by atoms with Gasteiger partial charge in [-0.3, -0.25) is 4.79 Å². The van der Waals surface area contributed by atoms with E-state index in [-0.39, 0.29) is 17.9 Å². The van der Waals surface area contributed by atoms with E-state index in [0.717, 1.165) is 32.1 Å². The van der Waals surface area contributed by atoms with Crippen LogP contribution in [0.2, 0.25) is 0 Å². The molecule has 21 heavy (non-hydrogen) atoms. The molecule has 0 aromatic carbocycles. The molecule has 3 fully saturated rings. The molecule has 6 atom stereocenters. The Bertz CT molecular complexity index is 500. The van der Waals surface area contributed by atoms with Crippen molar-refractivity contribution in [2.75, 3.05) is 0 Å². The zero-order chi connectivity index (χ0) is 14.6. The Kier molecular flexibility index (Phi) is 3.09. The summed E-state index contributed by atoms with van der Waals surface area (Å²) in [5, 5.41) is 9.55. The van der Waals surface area contributed by atoms with Gasteiger partial charge in [-0.25, -0.2) is 4.79 Å². The summed E-state index contributed by atoms with van der Waals surface area (Å²) in [4.78, 5) is 26.5. The molecule has 0 aromatic heterocycles. The first-order valence-electron chi connectivity index (χ1n) is 8.38. The Labute approximate surface area is 125 Å². The number of hydrogen-bond acceptors (Lipinski definition) is 2. The lowest BCUT2D eigenvalue weighted by Gasteiger charge is -2.35. The number of fused-ring (bicyclic) bond motifs is 3. The largest absolute Gasteiger partial charge is 0.480 e. The SMILES string of the molecule is O=C(O)C1CC2CCCCC2N1C(=O)C1CC2C=CC1C2. The van der Waals surface area contributed by atoms with Crippen LogP contribution in [-0.2, 0) is 9.59 Å². The summed E-state index contributed by atoms with van der Waals surface area (Å²) in [7, 11) is 0. The lowest BCUT2D eigenvalue weighted by atomic mass is 9.84. The van der Waals surface area contributed by atoms with Crippen molar-refractivity contribution < 1.29 is 14.7 Å². The summed E-state index contributed by atoms with van der Waals surface area (Å²) in [6.07, 6.45) is 11.5. The van der Waals surface area contributed by atoms with E-state index in [1.807, 2.05) is 0 Å². The Balaban J connectivity index is 1.59. The minimum Gasteiger partial charge on any atom is -0.480 e. The summed E-state index contributed by atoms with van der Waals surface area (Å²) in [5.41, 5.74) is 0. The van der Waals surface area contributed by atoms with Crippen molar-refractivity contribution in [2.24, 2.45) is 23.7 Å². The third-order valence-electron chi connectivity index (χ3n) is 6.22. The van der Waals surface area contributed by atoms with Crippen molar-refractivity contribution in [1.82, 2.24) is 4.90 Å². The van der Waals surface area contributed by atoms with Crippen molar-refractivity contribution in [2.45, 2.75) is 57.0 Å². The number of hydrogen-bond donors (Lipinski definition) is 1. The van der Waals surface area contributed by atoms with E-state index in [4.69, 9.17) is 0 Å². The van der Waals surface area contributed by atoms with Crippen LogP contribution in [0.5, 0.6) is 0 Å². The molecule has 0 radical (unpaired) electrons. The molecule has 1 N–H and O–H groups in total. The first-order valence-corrected chi connectivity index (χ1v) is 8.38. The van der Waals surface area contributed by atoms with Crippen LogP contribution in [-0.4, -0.2) is 34.0 Å². The molecule has 2 saturated carbocycles. The van der Waals surface area contributed by atoms with Crippen LogP contribution in [0.15, 0.2) is 12.2 Å². The summed E-state index contributed by atoms with van der Waals surface area (Å²) >= 11 is 0. The highest BCUT2D eigenvalue weighted by Gasteiger charge is 2.51. The Morgan fingerprint density at radius 3 is 2.52 bits per heavy atom. The number of carboxylic acid groups (broad SMARTS) is 1. The van der Waals surface area contributed by atoms with Gasteiger partial charge in [-0.05, 0) is 49.9 Å². The number of likely N-dealkylation sites (tertiary alicyclic amines) is 1. The molecule has 4 nitrogen and oxygen atoms in total. The lowest BCUT2D eigenvalue weighted by molar-refractivity contribution is -0.152. The van der Waals surface area contributed by atoms with Gasteiger partial charge in [0.05, 0.1) is 0 Å². The average Bonchev–Trinajstić information content (AvgIpc) is 3.19. The van der Waals surface area contributed by atoms with Crippen LogP contribution in [0.1, 0.15) is 44.9 Å². The summed E-state index contributed by atoms with van der Waals surface area (Å²) in [6.45, 7) is 0. The molecule has 0 spiro atoms. The van der Waals surface area contributed by atoms with E-state index in [1.165, 1.54) is 6.42 Å². The smallest absolute Gasteiger partial charge is 0.326 e. The molecular weight excluding hydrogens is 266 g/mol. The van der Waals surface area contributed by atoms with E-state index in [2.05, 4.69) is 12.2 Å². The van der Waals surface area contributed by atoms with E-state index in [0.29, 0.717) is 24.2 Å². The molecule has 1 saturated heterocycles. The van der Waals surface area contributed by atoms with E-state index >= 15 is 0 Å². The Morgan fingerprint density at radius 2 is 1.86 bits per heavy atom. The van der Waals surface area contributed by atoms with Gasteiger partial charge in [0.25, 0.3) is 0 Å². The average molecular weight is 289 g/mol. The lowest BCUT2D eigenvalue weighted by Crippen LogP contribution is -2.49. The van der Waals surface area contributed by atoms with Crippen LogP contribution in [0.4, 0.5) is 0 Å². The van der Waals surface area contributed by atoms with Crippen molar-refractivity contribution in [1.29, 1.82) is 0 Å². The number of allylic oxidation sites excluding steroid dienone is 2. The van der Waals surface area contributed by atoms with Crippen molar-refractivity contribution >= 4 is 11.9 Å². The highest BCUT2D eigenvalue weighted by molar-refractivity contribution is 5.87. The van der Waals surface area contributed by atoms with Gasteiger partial charge in [-0.15, -0.1) is 0 Å². The molecule has 2 bridgehead atoms. The van der Waals surface area contributed by atoms with E-state index in [1.54, 1.807) is 4.90 Å². The van der Waals surface area contributed by atoms with Crippen LogP contribution in [0.3, 0.4) is 0 Å². The number of amides is 1. The standard InChI is InChI=1S/C17H23NO3/c19-16(13-8-10-5-6-11(13)7-10)18-14-4-2-1-3-12(14)9-15(18)17(20)21/h5-6,10-15H,1-4,7-9H2,(H,20,21). The molecule has 1 amide bonds. The van der Waals surface area contributed by atoms with Gasteiger partial charge >= 0.3 is 5.97 Å². The fraction of sp³-hybridized carbons (Fsp3) is 0.765. The minimum atomic E-state index is -0.809. The topological polar surface area (TPSA) is 57.6 Å². The maximum absolute atomic E-state index is 13.0. The van der Waals surface area contributed by atoms with Gasteiger partial charge in [0.2, 0.25) is 5.91 Å². The maximum Gasteiger partial charge on any atom is 0.326 e. The Hall–Kier alpha value is -1.32. The second kappa shape index (κ2) is 4.85. The summed E-state index contributed by atoms with van der Waals surface area (Å²) < 4.78 is 0. The summed E-state index contributed by atoms with van der Waals surface area (Å²) in [5.74, 6) is 0.696. The number of nitrogens with zero attached hydrogens (tertiary/aromatic N) is 1. The molecule has 4 aliphatic rings. The monoisotopic (exact) mass is 289 g/mol. The maximum atomic E-state index is 13.0. The predicted molar refractivity (Wildman–Crippen MR) is 77.5 cm³/mol. The molecule has 4 heteroatoms. The van der Waals surface area contributed by atoms with Crippen molar-refractivity contribution in [3.05, 3.63) is 12.2 Å². The normalized spacial score (nSPS) is 44.1. The molecule has 3 aliphatic carbocycles. The number of aliphatic carboxylic acids is 1. The third-order valence-corrected chi connectivity index (χ3v) is 6.22. The predicted octanol–water partition coefficient (Wildman–Crippen LogP) is 2.44. The first-order chi connectivity index (χ1) is 10.1. The molecule has 114 valence electrons. The second-order valence-corrected chi connectivity index (χ2v) is 7.33. The number of carbonyl (C=O) groups excluding carboxylic acids is 1. The molecule has 6 unspecified atom stereocenters. The molecular formula is C17H23NO3. The molecule has 0 aromatic rings. The van der Waals surface area contributed by atoms with Gasteiger partial charge in [-0.2, -0.15) is 0 Å². The van der Waals surface area contributed by atoms with E-state index < -0.39 is 12.0 Å². The van der Waals surface area contributed by atoms with Gasteiger partial charge < -0.3 is 10.0 Å². The van der Waals surface area contributed by atoms with Gasteiger partial charge in [0.15, 0.2) is 0 Å². The zero-order valence-corrected chi connectivity index (χ0v) is 12.3. The highest BCUT2D eigenvalue weighted by Crippen LogP contribution is 2.47. The molecule has 1 heterocycles. The number of carbonyl (C=O) groups is 2. The summed E-state index contributed by atoms with van der Waals surface area (Å²) in [6, 6.07) is -0.385. The number of rotatable bonds is 2. The van der Waals surface area contributed by atoms with Crippen molar-refractivity contribution in [3.8, 4) is 0 Å². The third kappa shape index (κ3) is 2.02.